The Labute approximate surface area is 185 Å². The summed E-state index contributed by atoms with van der Waals surface area (Å²) in [6.07, 6.45) is 1.91. The number of aryl methyl sites for hydroxylation is 1. The summed E-state index contributed by atoms with van der Waals surface area (Å²) in [6.45, 7) is 4.91. The number of amides is 1. The monoisotopic (exact) mass is 414 g/mol. The summed E-state index contributed by atoms with van der Waals surface area (Å²) in [4.78, 5) is 17.9. The molecule has 0 aliphatic carbocycles. The van der Waals surface area contributed by atoms with Gasteiger partial charge in [0.05, 0.1) is 7.11 Å². The van der Waals surface area contributed by atoms with Crippen molar-refractivity contribution in [3.63, 3.8) is 0 Å². The van der Waals surface area contributed by atoms with Gasteiger partial charge in [0.25, 0.3) is 5.91 Å². The van der Waals surface area contributed by atoms with Gasteiger partial charge in [0.2, 0.25) is 0 Å². The Kier molecular flexibility index (Phi) is 6.68. The number of carbonyl (C=O) groups is 1. The first-order valence-corrected chi connectivity index (χ1v) is 10.9. The molecule has 1 aliphatic heterocycles. The zero-order valence-electron chi connectivity index (χ0n) is 18.3. The van der Waals surface area contributed by atoms with E-state index in [-0.39, 0.29) is 11.9 Å². The van der Waals surface area contributed by atoms with Crippen LogP contribution < -0.4 is 9.64 Å². The molecule has 0 atom stereocenters. The quantitative estimate of drug-likeness (QED) is 0.548. The Hall–Kier alpha value is -3.11. The summed E-state index contributed by atoms with van der Waals surface area (Å²) in [5, 5.41) is 0. The number of nitrogens with zero attached hydrogens (tertiary/aromatic N) is 2. The molecule has 3 aromatic rings. The molecule has 1 saturated heterocycles. The summed E-state index contributed by atoms with van der Waals surface area (Å²) in [5.41, 5.74) is 4.17. The number of methoxy groups -OCH3 is 1. The molecule has 0 N–H and O–H groups in total. The van der Waals surface area contributed by atoms with Crippen LogP contribution in [-0.2, 0) is 6.54 Å². The lowest BCUT2D eigenvalue weighted by Gasteiger charge is -2.38. The first-order chi connectivity index (χ1) is 15.1. The van der Waals surface area contributed by atoms with E-state index in [4.69, 9.17) is 4.74 Å². The standard InChI is InChI=1S/C27H30N2O2/c1-21-11-13-24(14-12-21)29(27(30)23-8-4-3-5-9-23)25-15-17-28(18-16-25)20-22-7-6-10-26(19-22)31-2/h3-14,19,25H,15-18,20H2,1-2H3. The molecule has 0 aromatic heterocycles. The van der Waals surface area contributed by atoms with Crippen LogP contribution in [-0.4, -0.2) is 37.0 Å². The Morgan fingerprint density at radius 1 is 0.968 bits per heavy atom. The van der Waals surface area contributed by atoms with Gasteiger partial charge in [-0.15, -0.1) is 0 Å². The van der Waals surface area contributed by atoms with Crippen LogP contribution in [0.2, 0.25) is 0 Å². The predicted molar refractivity (Wildman–Crippen MR) is 126 cm³/mol. The summed E-state index contributed by atoms with van der Waals surface area (Å²) in [5.74, 6) is 0.974. The van der Waals surface area contributed by atoms with Crippen molar-refractivity contribution in [3.8, 4) is 5.75 Å². The van der Waals surface area contributed by atoms with Crippen molar-refractivity contribution >= 4 is 11.6 Å². The van der Waals surface area contributed by atoms with E-state index in [9.17, 15) is 4.79 Å². The lowest BCUT2D eigenvalue weighted by atomic mass is 10.00. The Bertz CT molecular complexity index is 993. The molecule has 0 bridgehead atoms. The lowest BCUT2D eigenvalue weighted by Crippen LogP contribution is -2.47. The van der Waals surface area contributed by atoms with Crippen LogP contribution in [0.5, 0.6) is 5.75 Å². The second kappa shape index (κ2) is 9.80. The van der Waals surface area contributed by atoms with Crippen molar-refractivity contribution in [2.75, 3.05) is 25.1 Å². The van der Waals surface area contributed by atoms with Gasteiger partial charge < -0.3 is 9.64 Å². The SMILES string of the molecule is COc1cccc(CN2CCC(N(C(=O)c3ccccc3)c3ccc(C)cc3)CC2)c1. The minimum absolute atomic E-state index is 0.0794. The third kappa shape index (κ3) is 5.15. The van der Waals surface area contributed by atoms with Gasteiger partial charge in [-0.25, -0.2) is 0 Å². The van der Waals surface area contributed by atoms with E-state index in [1.54, 1.807) is 7.11 Å². The zero-order valence-corrected chi connectivity index (χ0v) is 18.3. The normalized spacial score (nSPS) is 14.9. The van der Waals surface area contributed by atoms with Gasteiger partial charge in [-0.2, -0.15) is 0 Å². The van der Waals surface area contributed by atoms with Gasteiger partial charge in [-0.05, 0) is 61.7 Å². The lowest BCUT2D eigenvalue weighted by molar-refractivity contribution is 0.0958. The third-order valence-electron chi connectivity index (χ3n) is 6.01. The van der Waals surface area contributed by atoms with Crippen LogP contribution in [0.4, 0.5) is 5.69 Å². The fraction of sp³-hybridized carbons (Fsp3) is 0.296. The van der Waals surface area contributed by atoms with E-state index in [0.717, 1.165) is 49.5 Å². The topological polar surface area (TPSA) is 32.8 Å². The smallest absolute Gasteiger partial charge is 0.258 e. The van der Waals surface area contributed by atoms with E-state index in [1.807, 2.05) is 47.4 Å². The van der Waals surface area contributed by atoms with Crippen LogP contribution in [0.3, 0.4) is 0 Å². The number of benzene rings is 3. The van der Waals surface area contributed by atoms with Crippen LogP contribution in [0.25, 0.3) is 0 Å². The highest BCUT2D eigenvalue weighted by Gasteiger charge is 2.29. The summed E-state index contributed by atoms with van der Waals surface area (Å²) in [7, 11) is 1.70. The van der Waals surface area contributed by atoms with Crippen molar-refractivity contribution in [2.24, 2.45) is 0 Å². The van der Waals surface area contributed by atoms with Crippen molar-refractivity contribution in [2.45, 2.75) is 32.4 Å². The minimum Gasteiger partial charge on any atom is -0.497 e. The van der Waals surface area contributed by atoms with Gasteiger partial charge >= 0.3 is 0 Å². The fourth-order valence-electron chi connectivity index (χ4n) is 4.28. The first-order valence-electron chi connectivity index (χ1n) is 10.9. The van der Waals surface area contributed by atoms with Crippen molar-refractivity contribution in [1.29, 1.82) is 0 Å². The summed E-state index contributed by atoms with van der Waals surface area (Å²) in [6, 6.07) is 26.4. The molecule has 31 heavy (non-hydrogen) atoms. The molecule has 0 spiro atoms. The Morgan fingerprint density at radius 3 is 2.35 bits per heavy atom. The van der Waals surface area contributed by atoms with E-state index in [2.05, 4.69) is 48.2 Å². The molecule has 1 amide bonds. The van der Waals surface area contributed by atoms with Crippen LogP contribution in [0.15, 0.2) is 78.9 Å². The number of hydrogen-bond donors (Lipinski definition) is 0. The summed E-state index contributed by atoms with van der Waals surface area (Å²) < 4.78 is 5.36. The van der Waals surface area contributed by atoms with Crippen LogP contribution in [0.1, 0.15) is 34.3 Å². The van der Waals surface area contributed by atoms with E-state index in [0.29, 0.717) is 0 Å². The van der Waals surface area contributed by atoms with Gasteiger partial charge in [-0.3, -0.25) is 9.69 Å². The Morgan fingerprint density at radius 2 is 1.68 bits per heavy atom. The second-order valence-corrected chi connectivity index (χ2v) is 8.24. The average Bonchev–Trinajstić information content (AvgIpc) is 2.82. The van der Waals surface area contributed by atoms with Gasteiger partial charge in [-0.1, -0.05) is 48.0 Å². The number of rotatable bonds is 6. The average molecular weight is 415 g/mol. The van der Waals surface area contributed by atoms with Crippen LogP contribution >= 0.6 is 0 Å². The molecule has 0 saturated carbocycles. The van der Waals surface area contributed by atoms with Gasteiger partial charge in [0.1, 0.15) is 5.75 Å². The molecule has 4 heteroatoms. The van der Waals surface area contributed by atoms with E-state index in [1.165, 1.54) is 11.1 Å². The minimum atomic E-state index is 0.0794. The number of ether oxygens (including phenoxy) is 1. The predicted octanol–water partition coefficient (Wildman–Crippen LogP) is 5.32. The number of hydrogen-bond acceptors (Lipinski definition) is 3. The molecule has 1 fully saturated rings. The third-order valence-corrected chi connectivity index (χ3v) is 6.01. The van der Waals surface area contributed by atoms with Crippen LogP contribution in [0, 0.1) is 6.92 Å². The molecule has 1 aliphatic rings. The highest BCUT2D eigenvalue weighted by molar-refractivity contribution is 6.06. The second-order valence-electron chi connectivity index (χ2n) is 8.24. The molecule has 160 valence electrons. The molecule has 0 unspecified atom stereocenters. The molecular formula is C27H30N2O2. The van der Waals surface area contributed by atoms with Crippen molar-refractivity contribution in [1.82, 2.24) is 4.90 Å². The number of piperidine rings is 1. The maximum atomic E-state index is 13.5. The van der Waals surface area contributed by atoms with Crippen molar-refractivity contribution < 1.29 is 9.53 Å². The number of likely N-dealkylation sites (tertiary alicyclic amines) is 1. The largest absolute Gasteiger partial charge is 0.497 e. The maximum absolute atomic E-state index is 13.5. The van der Waals surface area contributed by atoms with Gasteiger partial charge in [0.15, 0.2) is 0 Å². The van der Waals surface area contributed by atoms with Crippen molar-refractivity contribution in [3.05, 3.63) is 95.6 Å². The van der Waals surface area contributed by atoms with E-state index < -0.39 is 0 Å². The molecule has 4 nitrogen and oxygen atoms in total. The molecule has 0 radical (unpaired) electrons. The highest BCUT2D eigenvalue weighted by Crippen LogP contribution is 2.27. The number of carbonyl (C=O) groups excluding carboxylic acids is 1. The molecule has 4 rings (SSSR count). The van der Waals surface area contributed by atoms with E-state index >= 15 is 0 Å². The van der Waals surface area contributed by atoms with Gasteiger partial charge in [0, 0.05) is 36.9 Å². The maximum Gasteiger partial charge on any atom is 0.258 e. The zero-order chi connectivity index (χ0) is 21.6. The molecule has 1 heterocycles. The first kappa shape index (κ1) is 21.1. The molecule has 3 aromatic carbocycles. The highest BCUT2D eigenvalue weighted by atomic mass is 16.5. The molecular weight excluding hydrogens is 384 g/mol. The number of anilines is 1. The summed E-state index contributed by atoms with van der Waals surface area (Å²) >= 11 is 0. The fourth-order valence-corrected chi connectivity index (χ4v) is 4.28. The Balaban J connectivity index is 1.49.